The van der Waals surface area contributed by atoms with Gasteiger partial charge in [0.2, 0.25) is 5.91 Å². The molecule has 1 aromatic heterocycles. The lowest BCUT2D eigenvalue weighted by Crippen LogP contribution is -2.22. The lowest BCUT2D eigenvalue weighted by atomic mass is 10.1. The minimum absolute atomic E-state index is 0.0558. The molecule has 0 saturated heterocycles. The Kier molecular flexibility index (Phi) is 10.4. The van der Waals surface area contributed by atoms with Crippen LogP contribution in [-0.4, -0.2) is 35.1 Å². The smallest absolute Gasteiger partial charge is 0.220 e. The maximum Gasteiger partial charge on any atom is 0.220 e. The van der Waals surface area contributed by atoms with Gasteiger partial charge in [0.05, 0.1) is 20.4 Å². The van der Waals surface area contributed by atoms with Crippen LogP contribution in [0.25, 0.3) is 5.69 Å². The predicted octanol–water partition coefficient (Wildman–Crippen LogP) is 5.25. The SMILES string of the molecule is COc1cc(CNC(=O)CCCC/C=C/C(C)C)ccc1OCc1cn(-c2ccccc2OC)nn1. The van der Waals surface area contributed by atoms with Crippen LogP contribution in [0.5, 0.6) is 17.2 Å². The van der Waals surface area contributed by atoms with Crippen molar-refractivity contribution in [3.63, 3.8) is 0 Å². The average Bonchev–Trinajstić information content (AvgIpc) is 3.37. The number of hydrogen-bond donors (Lipinski definition) is 1. The van der Waals surface area contributed by atoms with Crippen LogP contribution in [0.2, 0.25) is 0 Å². The third-order valence-electron chi connectivity index (χ3n) is 5.51. The zero-order chi connectivity index (χ0) is 25.8. The van der Waals surface area contributed by atoms with Crippen LogP contribution in [0.4, 0.5) is 0 Å². The van der Waals surface area contributed by atoms with E-state index < -0.39 is 0 Å². The summed E-state index contributed by atoms with van der Waals surface area (Å²) in [5.74, 6) is 2.52. The van der Waals surface area contributed by atoms with Gasteiger partial charge in [0.25, 0.3) is 0 Å². The van der Waals surface area contributed by atoms with Gasteiger partial charge in [-0.05, 0) is 55.0 Å². The molecule has 0 aliphatic carbocycles. The van der Waals surface area contributed by atoms with E-state index in [1.54, 1.807) is 25.1 Å². The van der Waals surface area contributed by atoms with Gasteiger partial charge in [-0.1, -0.05) is 49.4 Å². The summed E-state index contributed by atoms with van der Waals surface area (Å²) in [7, 11) is 3.21. The predicted molar refractivity (Wildman–Crippen MR) is 140 cm³/mol. The highest BCUT2D eigenvalue weighted by Crippen LogP contribution is 2.29. The summed E-state index contributed by atoms with van der Waals surface area (Å²) >= 11 is 0. The van der Waals surface area contributed by atoms with Gasteiger partial charge in [-0.3, -0.25) is 4.79 Å². The normalized spacial score (nSPS) is 11.1. The summed E-state index contributed by atoms with van der Waals surface area (Å²) in [5, 5.41) is 11.4. The topological polar surface area (TPSA) is 87.5 Å². The largest absolute Gasteiger partial charge is 0.494 e. The van der Waals surface area contributed by atoms with Crippen molar-refractivity contribution in [2.75, 3.05) is 14.2 Å². The highest BCUT2D eigenvalue weighted by Gasteiger charge is 2.11. The minimum atomic E-state index is 0.0558. The van der Waals surface area contributed by atoms with Crippen molar-refractivity contribution in [3.8, 4) is 22.9 Å². The monoisotopic (exact) mass is 492 g/mol. The Bertz CT molecular complexity index is 1140. The zero-order valence-electron chi connectivity index (χ0n) is 21.6. The van der Waals surface area contributed by atoms with Crippen molar-refractivity contribution in [2.45, 2.75) is 52.7 Å². The number of rotatable bonds is 14. The quantitative estimate of drug-likeness (QED) is 0.244. The van der Waals surface area contributed by atoms with E-state index in [1.165, 1.54) is 0 Å². The van der Waals surface area contributed by atoms with Crippen LogP contribution >= 0.6 is 0 Å². The van der Waals surface area contributed by atoms with E-state index in [-0.39, 0.29) is 12.5 Å². The van der Waals surface area contributed by atoms with E-state index in [0.717, 1.165) is 30.5 Å². The summed E-state index contributed by atoms with van der Waals surface area (Å²) in [6, 6.07) is 13.2. The fourth-order valence-electron chi connectivity index (χ4n) is 3.60. The van der Waals surface area contributed by atoms with Gasteiger partial charge in [0.1, 0.15) is 23.7 Å². The van der Waals surface area contributed by atoms with Crippen LogP contribution in [0.3, 0.4) is 0 Å². The molecule has 0 aliphatic heterocycles. The molecule has 2 aromatic carbocycles. The maximum atomic E-state index is 12.2. The van der Waals surface area contributed by atoms with E-state index in [0.29, 0.717) is 41.8 Å². The number of amides is 1. The molecule has 192 valence electrons. The van der Waals surface area contributed by atoms with Crippen molar-refractivity contribution in [3.05, 3.63) is 72.1 Å². The second-order valence-corrected chi connectivity index (χ2v) is 8.79. The Hall–Kier alpha value is -3.81. The molecule has 3 aromatic rings. The number of unbranched alkanes of at least 4 members (excludes halogenated alkanes) is 2. The molecule has 0 aliphatic rings. The van der Waals surface area contributed by atoms with Gasteiger partial charge in [0, 0.05) is 13.0 Å². The number of benzene rings is 2. The van der Waals surface area contributed by atoms with Crippen LogP contribution in [0, 0.1) is 5.92 Å². The molecule has 8 heteroatoms. The molecule has 1 N–H and O–H groups in total. The van der Waals surface area contributed by atoms with Crippen LogP contribution < -0.4 is 19.5 Å². The average molecular weight is 493 g/mol. The Balaban J connectivity index is 1.48. The Morgan fingerprint density at radius 3 is 2.64 bits per heavy atom. The first-order chi connectivity index (χ1) is 17.5. The highest BCUT2D eigenvalue weighted by molar-refractivity contribution is 5.75. The molecule has 0 spiro atoms. The molecule has 1 amide bonds. The van der Waals surface area contributed by atoms with E-state index >= 15 is 0 Å². The molecule has 3 rings (SSSR count). The van der Waals surface area contributed by atoms with Crippen molar-refractivity contribution >= 4 is 5.91 Å². The third-order valence-corrected chi connectivity index (χ3v) is 5.51. The van der Waals surface area contributed by atoms with Crippen molar-refractivity contribution < 1.29 is 19.0 Å². The molecule has 8 nitrogen and oxygen atoms in total. The van der Waals surface area contributed by atoms with Gasteiger partial charge < -0.3 is 19.5 Å². The van der Waals surface area contributed by atoms with Crippen LogP contribution in [0.15, 0.2) is 60.8 Å². The van der Waals surface area contributed by atoms with E-state index in [4.69, 9.17) is 14.2 Å². The van der Waals surface area contributed by atoms with Crippen LogP contribution in [0.1, 0.15) is 50.8 Å². The molecular formula is C28H36N4O4. The van der Waals surface area contributed by atoms with E-state index in [1.807, 2.05) is 42.5 Å². The summed E-state index contributed by atoms with van der Waals surface area (Å²) < 4.78 is 18.5. The lowest BCUT2D eigenvalue weighted by molar-refractivity contribution is -0.121. The fraction of sp³-hybridized carbons (Fsp3) is 0.393. The first kappa shape index (κ1) is 26.8. The number of para-hydroxylation sites is 2. The zero-order valence-corrected chi connectivity index (χ0v) is 21.6. The number of ether oxygens (including phenoxy) is 3. The number of nitrogens with zero attached hydrogens (tertiary/aromatic N) is 3. The molecule has 0 atom stereocenters. The van der Waals surface area contributed by atoms with Crippen molar-refractivity contribution in [2.24, 2.45) is 5.92 Å². The number of carbonyl (C=O) groups is 1. The van der Waals surface area contributed by atoms with Crippen molar-refractivity contribution in [1.29, 1.82) is 0 Å². The van der Waals surface area contributed by atoms with E-state index in [2.05, 4.69) is 41.6 Å². The van der Waals surface area contributed by atoms with Gasteiger partial charge in [0.15, 0.2) is 11.5 Å². The molecule has 0 bridgehead atoms. The number of nitrogens with one attached hydrogen (secondary N) is 1. The van der Waals surface area contributed by atoms with Crippen molar-refractivity contribution in [1.82, 2.24) is 20.3 Å². The summed E-state index contributed by atoms with van der Waals surface area (Å²) in [6.07, 6.45) is 9.64. The number of aromatic nitrogens is 3. The minimum Gasteiger partial charge on any atom is -0.494 e. The summed E-state index contributed by atoms with van der Waals surface area (Å²) in [6.45, 7) is 4.99. The number of hydrogen-bond acceptors (Lipinski definition) is 6. The molecule has 36 heavy (non-hydrogen) atoms. The maximum absolute atomic E-state index is 12.2. The van der Waals surface area contributed by atoms with E-state index in [9.17, 15) is 4.79 Å². The second kappa shape index (κ2) is 13.9. The highest BCUT2D eigenvalue weighted by atomic mass is 16.5. The summed E-state index contributed by atoms with van der Waals surface area (Å²) in [5.41, 5.74) is 2.40. The Morgan fingerprint density at radius 2 is 1.86 bits per heavy atom. The number of allylic oxidation sites excluding steroid dienone is 2. The Labute approximate surface area is 213 Å². The second-order valence-electron chi connectivity index (χ2n) is 8.79. The third kappa shape index (κ3) is 8.15. The molecule has 1 heterocycles. The van der Waals surface area contributed by atoms with Gasteiger partial charge in [-0.2, -0.15) is 0 Å². The number of methoxy groups -OCH3 is 2. The van der Waals surface area contributed by atoms with Gasteiger partial charge >= 0.3 is 0 Å². The Morgan fingerprint density at radius 1 is 1.06 bits per heavy atom. The first-order valence-electron chi connectivity index (χ1n) is 12.3. The molecular weight excluding hydrogens is 456 g/mol. The van der Waals surface area contributed by atoms with Gasteiger partial charge in [-0.15, -0.1) is 5.10 Å². The summed E-state index contributed by atoms with van der Waals surface area (Å²) in [4.78, 5) is 12.2. The number of carbonyl (C=O) groups excluding carboxylic acids is 1. The lowest BCUT2D eigenvalue weighted by Gasteiger charge is -2.12. The fourth-order valence-corrected chi connectivity index (χ4v) is 3.60. The molecule has 0 fully saturated rings. The molecule has 0 saturated carbocycles. The standard InChI is InChI=1S/C28H36N4O4/c1-21(2)11-7-5-6-8-14-28(33)29-18-22-15-16-26(27(17-22)35-4)36-20-23-19-32(31-30-23)24-12-9-10-13-25(24)34-3/h7,9-13,15-17,19,21H,5-6,8,14,18,20H2,1-4H3,(H,29,33)/b11-7+. The van der Waals surface area contributed by atoms with Gasteiger partial charge in [-0.25, -0.2) is 4.68 Å². The first-order valence-corrected chi connectivity index (χ1v) is 12.3. The van der Waals surface area contributed by atoms with Crippen LogP contribution in [-0.2, 0) is 17.9 Å². The molecule has 0 radical (unpaired) electrons. The molecule has 0 unspecified atom stereocenters.